The number of carboxylic acid groups (broad SMARTS) is 2. The van der Waals surface area contributed by atoms with Gasteiger partial charge in [0.2, 0.25) is 0 Å². The molecule has 6 nitrogen and oxygen atoms in total. The zero-order valence-corrected chi connectivity index (χ0v) is 13.3. The highest BCUT2D eigenvalue weighted by Crippen LogP contribution is 2.28. The summed E-state index contributed by atoms with van der Waals surface area (Å²) in [5.74, 6) is -0.366. The van der Waals surface area contributed by atoms with Gasteiger partial charge in [0.25, 0.3) is 0 Å². The van der Waals surface area contributed by atoms with Crippen LogP contribution in [0.5, 0.6) is 0 Å². The minimum Gasteiger partial charge on any atom is -0.480 e. The predicted molar refractivity (Wildman–Crippen MR) is 82.1 cm³/mol. The molecule has 0 amide bonds. The zero-order valence-electron chi connectivity index (χ0n) is 11.7. The largest absolute Gasteiger partial charge is 0.480 e. The summed E-state index contributed by atoms with van der Waals surface area (Å²) in [6.07, 6.45) is 2.18. The minimum absolute atomic E-state index is 0.297. The molecule has 0 aromatic carbocycles. The van der Waals surface area contributed by atoms with Gasteiger partial charge in [0.1, 0.15) is 12.1 Å². The Kier molecular flexibility index (Phi) is 7.71. The molecule has 8 heteroatoms. The normalized spacial score (nSPS) is 24.7. The topological polar surface area (TPSA) is 98.7 Å². The summed E-state index contributed by atoms with van der Waals surface area (Å²) in [5, 5.41) is 23.9. The average Bonchev–Trinajstić information content (AvgIpc) is 2.39. The van der Waals surface area contributed by atoms with Crippen LogP contribution in [0.15, 0.2) is 0 Å². The van der Waals surface area contributed by atoms with Gasteiger partial charge in [-0.25, -0.2) is 0 Å². The molecule has 116 valence electrons. The van der Waals surface area contributed by atoms with Crippen molar-refractivity contribution in [3.63, 3.8) is 0 Å². The number of aliphatic carboxylic acids is 2. The molecule has 4 N–H and O–H groups in total. The van der Waals surface area contributed by atoms with E-state index in [9.17, 15) is 14.7 Å². The molecular formula is C12H22N2O4S2. The van der Waals surface area contributed by atoms with Crippen LogP contribution in [0, 0.1) is 5.92 Å². The maximum atomic E-state index is 11.2. The Bertz CT molecular complexity index is 343. The van der Waals surface area contributed by atoms with E-state index in [1.54, 1.807) is 7.05 Å². The third kappa shape index (κ3) is 5.51. The summed E-state index contributed by atoms with van der Waals surface area (Å²) in [5.41, 5.74) is 0. The van der Waals surface area contributed by atoms with E-state index >= 15 is 0 Å². The van der Waals surface area contributed by atoms with E-state index in [1.807, 2.05) is 0 Å². The molecule has 0 spiro atoms. The van der Waals surface area contributed by atoms with Gasteiger partial charge in [0.05, 0.1) is 0 Å². The van der Waals surface area contributed by atoms with Crippen LogP contribution in [0.1, 0.15) is 19.8 Å². The van der Waals surface area contributed by atoms with Gasteiger partial charge in [-0.15, -0.1) is 0 Å². The maximum absolute atomic E-state index is 11.2. The summed E-state index contributed by atoms with van der Waals surface area (Å²) in [6.45, 7) is 2.12. The van der Waals surface area contributed by atoms with Crippen molar-refractivity contribution in [2.24, 2.45) is 5.92 Å². The molecular weight excluding hydrogens is 300 g/mol. The molecule has 0 bridgehead atoms. The van der Waals surface area contributed by atoms with Gasteiger partial charge >= 0.3 is 11.9 Å². The van der Waals surface area contributed by atoms with Crippen LogP contribution < -0.4 is 10.6 Å². The maximum Gasteiger partial charge on any atom is 0.321 e. The van der Waals surface area contributed by atoms with Crippen molar-refractivity contribution in [3.8, 4) is 0 Å². The van der Waals surface area contributed by atoms with Crippen LogP contribution in [-0.2, 0) is 9.59 Å². The highest BCUT2D eigenvalue weighted by atomic mass is 33.1. The Hall–Kier alpha value is -0.440. The quantitative estimate of drug-likeness (QED) is 0.348. The Morgan fingerprint density at radius 1 is 1.15 bits per heavy atom. The van der Waals surface area contributed by atoms with Gasteiger partial charge in [0.15, 0.2) is 0 Å². The first-order valence-electron chi connectivity index (χ1n) is 6.59. The summed E-state index contributed by atoms with van der Waals surface area (Å²) < 4.78 is 0. The van der Waals surface area contributed by atoms with Crippen LogP contribution in [-0.4, -0.2) is 58.8 Å². The van der Waals surface area contributed by atoms with Crippen molar-refractivity contribution in [2.75, 3.05) is 18.6 Å². The molecule has 0 aliphatic heterocycles. The number of carbonyl (C=O) groups is 2. The standard InChI is InChI=1S/C12H22N2O4S2/c1-7-3-4-8(7)14-10(12(17)18)6-20-19-5-9(13-2)11(15)16/h7-10,13-14H,3-6H2,1-2H3,(H,15,16)(H,17,18)/t7?,8?,9-,10+/m0/s1. The molecule has 1 fully saturated rings. The molecule has 1 rings (SSSR count). The van der Waals surface area contributed by atoms with Gasteiger partial charge in [-0.3, -0.25) is 9.59 Å². The number of nitrogens with one attached hydrogen (secondary N) is 2. The van der Waals surface area contributed by atoms with E-state index in [-0.39, 0.29) is 0 Å². The van der Waals surface area contributed by atoms with Crippen LogP contribution in [0.4, 0.5) is 0 Å². The van der Waals surface area contributed by atoms with Crippen molar-refractivity contribution >= 4 is 33.5 Å². The second-order valence-electron chi connectivity index (χ2n) is 4.97. The van der Waals surface area contributed by atoms with Crippen molar-refractivity contribution in [1.82, 2.24) is 10.6 Å². The first kappa shape index (κ1) is 17.6. The summed E-state index contributed by atoms with van der Waals surface area (Å²) in [4.78, 5) is 22.0. The van der Waals surface area contributed by atoms with Crippen LogP contribution in [0.25, 0.3) is 0 Å². The lowest BCUT2D eigenvalue weighted by atomic mass is 9.81. The minimum atomic E-state index is -0.892. The highest BCUT2D eigenvalue weighted by molar-refractivity contribution is 8.76. The number of rotatable bonds is 10. The molecule has 20 heavy (non-hydrogen) atoms. The molecule has 1 aliphatic rings. The fourth-order valence-corrected chi connectivity index (χ4v) is 4.28. The zero-order chi connectivity index (χ0) is 15.1. The van der Waals surface area contributed by atoms with Crippen LogP contribution in [0.2, 0.25) is 0 Å². The smallest absolute Gasteiger partial charge is 0.321 e. The second-order valence-corrected chi connectivity index (χ2v) is 7.52. The fourth-order valence-electron chi connectivity index (χ4n) is 1.87. The van der Waals surface area contributed by atoms with E-state index < -0.39 is 24.0 Å². The third-order valence-electron chi connectivity index (χ3n) is 3.53. The van der Waals surface area contributed by atoms with E-state index in [0.717, 1.165) is 12.8 Å². The van der Waals surface area contributed by atoms with E-state index in [1.165, 1.54) is 21.6 Å². The second kappa shape index (κ2) is 8.76. The SMILES string of the molecule is CN[C@@H](CSSC[C@@H](NC1CCC1C)C(=O)O)C(=O)O. The Balaban J connectivity index is 2.25. The summed E-state index contributed by atoms with van der Waals surface area (Å²) in [7, 11) is 4.38. The van der Waals surface area contributed by atoms with Gasteiger partial charge in [-0.05, 0) is 25.8 Å². The third-order valence-corrected chi connectivity index (χ3v) is 5.95. The van der Waals surface area contributed by atoms with Crippen molar-refractivity contribution in [1.29, 1.82) is 0 Å². The van der Waals surface area contributed by atoms with Crippen LogP contribution >= 0.6 is 21.6 Å². The van der Waals surface area contributed by atoms with E-state index in [2.05, 4.69) is 17.6 Å². The average molecular weight is 322 g/mol. The van der Waals surface area contributed by atoms with Gasteiger partial charge < -0.3 is 20.8 Å². The molecule has 0 heterocycles. The van der Waals surface area contributed by atoms with E-state index in [4.69, 9.17) is 5.11 Å². The molecule has 4 atom stereocenters. The lowest BCUT2D eigenvalue weighted by molar-refractivity contribution is -0.140. The van der Waals surface area contributed by atoms with Crippen molar-refractivity contribution in [2.45, 2.75) is 37.9 Å². The molecule has 1 saturated carbocycles. The van der Waals surface area contributed by atoms with Gasteiger partial charge in [0, 0.05) is 17.5 Å². The predicted octanol–water partition coefficient (Wildman–Crippen LogP) is 0.882. The Labute approximate surface area is 126 Å². The number of hydrogen-bond donors (Lipinski definition) is 4. The van der Waals surface area contributed by atoms with Gasteiger partial charge in [-0.2, -0.15) is 0 Å². The van der Waals surface area contributed by atoms with Gasteiger partial charge in [-0.1, -0.05) is 28.5 Å². The molecule has 2 unspecified atom stereocenters. The highest BCUT2D eigenvalue weighted by Gasteiger charge is 2.31. The monoisotopic (exact) mass is 322 g/mol. The molecule has 0 aromatic heterocycles. The lowest BCUT2D eigenvalue weighted by Gasteiger charge is -2.36. The number of likely N-dealkylation sites (N-methyl/N-ethyl adjacent to an activating group) is 1. The van der Waals surface area contributed by atoms with E-state index in [0.29, 0.717) is 23.5 Å². The number of hydrogen-bond acceptors (Lipinski definition) is 6. The van der Waals surface area contributed by atoms with Crippen molar-refractivity contribution in [3.05, 3.63) is 0 Å². The molecule has 1 aliphatic carbocycles. The number of carboxylic acids is 2. The summed E-state index contributed by atoms with van der Waals surface area (Å²) in [6, 6.07) is -0.876. The molecule has 0 aromatic rings. The lowest BCUT2D eigenvalue weighted by Crippen LogP contribution is -2.51. The fraction of sp³-hybridized carbons (Fsp3) is 0.833. The van der Waals surface area contributed by atoms with Crippen LogP contribution in [0.3, 0.4) is 0 Å². The van der Waals surface area contributed by atoms with Crippen molar-refractivity contribution < 1.29 is 19.8 Å². The molecule has 0 radical (unpaired) electrons. The Morgan fingerprint density at radius 2 is 1.70 bits per heavy atom. The first-order valence-corrected chi connectivity index (χ1v) is 9.07. The Morgan fingerprint density at radius 3 is 2.05 bits per heavy atom. The first-order chi connectivity index (χ1) is 9.45. The molecule has 0 saturated heterocycles. The summed E-state index contributed by atoms with van der Waals surface area (Å²) >= 11 is 0.